The van der Waals surface area contributed by atoms with Crippen LogP contribution < -0.4 is 10.6 Å². The summed E-state index contributed by atoms with van der Waals surface area (Å²) >= 11 is 0. The van der Waals surface area contributed by atoms with Crippen LogP contribution in [0.15, 0.2) is 0 Å². The molecule has 1 atom stereocenters. The number of carbonyl (C=O) groups is 2. The van der Waals surface area contributed by atoms with Crippen molar-refractivity contribution in [2.45, 2.75) is 46.1 Å². The van der Waals surface area contributed by atoms with Crippen LogP contribution in [0, 0.1) is 11.8 Å². The van der Waals surface area contributed by atoms with E-state index in [0.29, 0.717) is 24.8 Å². The van der Waals surface area contributed by atoms with E-state index in [9.17, 15) is 9.59 Å². The number of rotatable bonds is 6. The summed E-state index contributed by atoms with van der Waals surface area (Å²) in [7, 11) is 0. The summed E-state index contributed by atoms with van der Waals surface area (Å²) in [5, 5.41) is 6.31. The van der Waals surface area contributed by atoms with Crippen molar-refractivity contribution >= 4 is 36.6 Å². The van der Waals surface area contributed by atoms with E-state index in [1.165, 1.54) is 12.8 Å². The lowest BCUT2D eigenvalue weighted by Gasteiger charge is -2.36. The highest BCUT2D eigenvalue weighted by molar-refractivity contribution is 5.85. The van der Waals surface area contributed by atoms with Gasteiger partial charge in [-0.2, -0.15) is 0 Å². The van der Waals surface area contributed by atoms with E-state index < -0.39 is 0 Å². The van der Waals surface area contributed by atoms with Crippen molar-refractivity contribution in [1.82, 2.24) is 20.4 Å². The second-order valence-corrected chi connectivity index (χ2v) is 7.65. The molecule has 0 aromatic rings. The summed E-state index contributed by atoms with van der Waals surface area (Å²) in [6.45, 7) is 11.8. The first kappa shape index (κ1) is 25.4. The van der Waals surface area contributed by atoms with E-state index >= 15 is 0 Å². The van der Waals surface area contributed by atoms with E-state index in [0.717, 1.165) is 39.3 Å². The summed E-state index contributed by atoms with van der Waals surface area (Å²) in [6.07, 6.45) is 3.04. The predicted molar refractivity (Wildman–Crippen MR) is 110 cm³/mol. The molecule has 0 spiro atoms. The van der Waals surface area contributed by atoms with Crippen LogP contribution in [0.25, 0.3) is 0 Å². The fraction of sp³-hybridized carbons (Fsp3) is 0.889. The summed E-state index contributed by atoms with van der Waals surface area (Å²) in [6, 6.07) is 0.178. The molecule has 2 rings (SSSR count). The van der Waals surface area contributed by atoms with Crippen LogP contribution in [0.2, 0.25) is 0 Å². The third-order valence-corrected chi connectivity index (χ3v) is 5.23. The SMILES string of the molecule is CC(C)NC(=O)CN1CCN(C(=O)CC(C)C2CCNCC2)CC1.Cl.Cl. The van der Waals surface area contributed by atoms with Gasteiger partial charge in [-0.05, 0) is 51.6 Å². The largest absolute Gasteiger partial charge is 0.353 e. The Morgan fingerprint density at radius 3 is 2.15 bits per heavy atom. The lowest BCUT2D eigenvalue weighted by atomic mass is 9.84. The zero-order chi connectivity index (χ0) is 17.5. The van der Waals surface area contributed by atoms with E-state index in [1.807, 2.05) is 18.7 Å². The van der Waals surface area contributed by atoms with Gasteiger partial charge in [0.1, 0.15) is 0 Å². The highest BCUT2D eigenvalue weighted by Gasteiger charge is 2.26. The molecule has 26 heavy (non-hydrogen) atoms. The predicted octanol–water partition coefficient (Wildman–Crippen LogP) is 1.52. The highest BCUT2D eigenvalue weighted by Crippen LogP contribution is 2.25. The lowest BCUT2D eigenvalue weighted by Crippen LogP contribution is -2.51. The molecular formula is C18H36Cl2N4O2. The van der Waals surface area contributed by atoms with Gasteiger partial charge in [0.2, 0.25) is 11.8 Å². The molecule has 0 saturated carbocycles. The highest BCUT2D eigenvalue weighted by atomic mass is 35.5. The Kier molecular flexibility index (Phi) is 12.5. The lowest BCUT2D eigenvalue weighted by molar-refractivity contribution is -0.134. The summed E-state index contributed by atoms with van der Waals surface area (Å²) in [5.74, 6) is 1.50. The summed E-state index contributed by atoms with van der Waals surface area (Å²) in [4.78, 5) is 28.5. The van der Waals surface area contributed by atoms with Crippen molar-refractivity contribution in [3.63, 3.8) is 0 Å². The molecule has 0 aliphatic carbocycles. The van der Waals surface area contributed by atoms with Gasteiger partial charge in [0.05, 0.1) is 6.54 Å². The first-order valence-corrected chi connectivity index (χ1v) is 9.46. The van der Waals surface area contributed by atoms with Gasteiger partial charge in [0.25, 0.3) is 0 Å². The quantitative estimate of drug-likeness (QED) is 0.696. The van der Waals surface area contributed by atoms with Crippen molar-refractivity contribution in [3.8, 4) is 0 Å². The van der Waals surface area contributed by atoms with E-state index in [-0.39, 0.29) is 42.7 Å². The molecule has 0 radical (unpaired) electrons. The van der Waals surface area contributed by atoms with E-state index in [2.05, 4.69) is 22.5 Å². The van der Waals surface area contributed by atoms with Gasteiger partial charge in [-0.25, -0.2) is 0 Å². The normalized spacial score (nSPS) is 20.1. The van der Waals surface area contributed by atoms with Gasteiger partial charge in [0, 0.05) is 38.6 Å². The second-order valence-electron chi connectivity index (χ2n) is 7.65. The number of carbonyl (C=O) groups excluding carboxylic acids is 2. The standard InChI is InChI=1S/C18H34N4O2.2ClH/c1-14(2)20-17(23)13-21-8-10-22(11-9-21)18(24)12-15(3)16-4-6-19-7-5-16;;/h14-16,19H,4-13H2,1-3H3,(H,20,23);2*1H. The Hall–Kier alpha value is -0.560. The maximum absolute atomic E-state index is 12.5. The van der Waals surface area contributed by atoms with Crippen LogP contribution in [0.4, 0.5) is 0 Å². The average molecular weight is 411 g/mol. The molecular weight excluding hydrogens is 375 g/mol. The van der Waals surface area contributed by atoms with Crippen LogP contribution in [0.1, 0.15) is 40.0 Å². The minimum Gasteiger partial charge on any atom is -0.353 e. The Morgan fingerprint density at radius 1 is 1.04 bits per heavy atom. The molecule has 1 unspecified atom stereocenters. The second kappa shape index (κ2) is 12.8. The Bertz CT molecular complexity index is 423. The molecule has 2 fully saturated rings. The van der Waals surface area contributed by atoms with Crippen molar-refractivity contribution in [1.29, 1.82) is 0 Å². The van der Waals surface area contributed by atoms with E-state index in [4.69, 9.17) is 0 Å². The van der Waals surface area contributed by atoms with Crippen LogP contribution in [0.3, 0.4) is 0 Å². The molecule has 0 aromatic carbocycles. The number of hydrogen-bond acceptors (Lipinski definition) is 4. The minimum atomic E-state index is 0. The number of piperazine rings is 1. The molecule has 2 saturated heterocycles. The van der Waals surface area contributed by atoms with Gasteiger partial charge < -0.3 is 15.5 Å². The molecule has 2 heterocycles. The van der Waals surface area contributed by atoms with Gasteiger partial charge in [-0.1, -0.05) is 6.92 Å². The van der Waals surface area contributed by atoms with Gasteiger partial charge >= 0.3 is 0 Å². The minimum absolute atomic E-state index is 0. The smallest absolute Gasteiger partial charge is 0.234 e. The third kappa shape index (κ3) is 8.42. The molecule has 2 aliphatic heterocycles. The van der Waals surface area contributed by atoms with Crippen molar-refractivity contribution in [2.75, 3.05) is 45.8 Å². The first-order valence-electron chi connectivity index (χ1n) is 9.46. The third-order valence-electron chi connectivity index (χ3n) is 5.23. The van der Waals surface area contributed by atoms with Crippen molar-refractivity contribution < 1.29 is 9.59 Å². The number of hydrogen-bond donors (Lipinski definition) is 2. The monoisotopic (exact) mass is 410 g/mol. The van der Waals surface area contributed by atoms with Crippen molar-refractivity contribution in [2.24, 2.45) is 11.8 Å². The fourth-order valence-corrected chi connectivity index (χ4v) is 3.71. The number of nitrogens with one attached hydrogen (secondary N) is 2. The Balaban J connectivity index is 0.00000312. The molecule has 2 amide bonds. The van der Waals surface area contributed by atoms with Crippen LogP contribution in [0.5, 0.6) is 0 Å². The van der Waals surface area contributed by atoms with Gasteiger partial charge in [-0.3, -0.25) is 14.5 Å². The number of halogens is 2. The molecule has 2 aliphatic rings. The molecule has 6 nitrogen and oxygen atoms in total. The molecule has 0 aromatic heterocycles. The fourth-order valence-electron chi connectivity index (χ4n) is 3.71. The molecule has 0 bridgehead atoms. The topological polar surface area (TPSA) is 64.7 Å². The number of piperidine rings is 1. The van der Waals surface area contributed by atoms with Crippen molar-refractivity contribution in [3.05, 3.63) is 0 Å². The van der Waals surface area contributed by atoms with Crippen LogP contribution in [-0.2, 0) is 9.59 Å². The zero-order valence-electron chi connectivity index (χ0n) is 16.3. The molecule has 8 heteroatoms. The van der Waals surface area contributed by atoms with Crippen LogP contribution in [-0.4, -0.2) is 73.5 Å². The van der Waals surface area contributed by atoms with Gasteiger partial charge in [-0.15, -0.1) is 24.8 Å². The van der Waals surface area contributed by atoms with Crippen LogP contribution >= 0.6 is 24.8 Å². The molecule has 2 N–H and O–H groups in total. The molecule has 154 valence electrons. The number of amides is 2. The number of nitrogens with zero attached hydrogens (tertiary/aromatic N) is 2. The van der Waals surface area contributed by atoms with E-state index in [1.54, 1.807) is 0 Å². The summed E-state index contributed by atoms with van der Waals surface area (Å²) in [5.41, 5.74) is 0. The Labute approximate surface area is 170 Å². The first-order chi connectivity index (χ1) is 11.5. The maximum Gasteiger partial charge on any atom is 0.234 e. The zero-order valence-corrected chi connectivity index (χ0v) is 18.0. The maximum atomic E-state index is 12.5. The average Bonchev–Trinajstić information content (AvgIpc) is 2.55. The summed E-state index contributed by atoms with van der Waals surface area (Å²) < 4.78 is 0. The van der Waals surface area contributed by atoms with Gasteiger partial charge in [0.15, 0.2) is 0 Å². The Morgan fingerprint density at radius 2 is 1.62 bits per heavy atom.